The Morgan fingerprint density at radius 3 is 2.75 bits per heavy atom. The summed E-state index contributed by atoms with van der Waals surface area (Å²) in [6, 6.07) is 7.69. The van der Waals surface area contributed by atoms with Crippen LogP contribution in [-0.2, 0) is 16.1 Å². The van der Waals surface area contributed by atoms with E-state index in [-0.39, 0.29) is 17.1 Å². The second kappa shape index (κ2) is 6.30. The molecule has 4 heteroatoms. The average molecular weight is 303 g/mol. The fraction of sp³-hybridized carbons (Fsp3) is 0.417. The van der Waals surface area contributed by atoms with Crippen LogP contribution in [0.15, 0.2) is 28.7 Å². The van der Waals surface area contributed by atoms with Gasteiger partial charge in [0, 0.05) is 4.47 Å². The summed E-state index contributed by atoms with van der Waals surface area (Å²) in [5.41, 5.74) is 0.965. The first-order valence-electron chi connectivity index (χ1n) is 5.10. The van der Waals surface area contributed by atoms with Gasteiger partial charge in [-0.3, -0.25) is 4.79 Å². The normalized spacial score (nSPS) is 12.6. The van der Waals surface area contributed by atoms with Crippen LogP contribution in [0.3, 0.4) is 0 Å². The Bertz CT molecular complexity index is 366. The van der Waals surface area contributed by atoms with Crippen LogP contribution < -0.4 is 0 Å². The summed E-state index contributed by atoms with van der Waals surface area (Å²) in [4.78, 5) is 11.5. The average Bonchev–Trinajstić information content (AvgIpc) is 2.24. The summed E-state index contributed by atoms with van der Waals surface area (Å²) in [6.07, 6.45) is 0. The molecule has 1 atom stereocenters. The Morgan fingerprint density at radius 2 is 2.19 bits per heavy atom. The van der Waals surface area contributed by atoms with Gasteiger partial charge in [-0.15, -0.1) is 0 Å². The summed E-state index contributed by atoms with van der Waals surface area (Å²) in [7, 11) is 0. The molecule has 1 aromatic carbocycles. The van der Waals surface area contributed by atoms with E-state index < -0.39 is 0 Å². The molecule has 0 radical (unpaired) electrons. The lowest BCUT2D eigenvalue weighted by molar-refractivity contribution is -0.145. The van der Waals surface area contributed by atoms with Crippen LogP contribution in [0.25, 0.3) is 0 Å². The van der Waals surface area contributed by atoms with Crippen molar-refractivity contribution in [2.24, 2.45) is 5.92 Å². The van der Waals surface area contributed by atoms with Crippen molar-refractivity contribution in [1.29, 1.82) is 0 Å². The first kappa shape index (κ1) is 13.6. The predicted octanol–water partition coefficient (Wildman–Crippen LogP) is 3.45. The van der Waals surface area contributed by atoms with Gasteiger partial charge in [-0.25, -0.2) is 0 Å². The van der Waals surface area contributed by atoms with Crippen LogP contribution in [0.5, 0.6) is 0 Å². The molecule has 0 fully saturated rings. The van der Waals surface area contributed by atoms with Crippen LogP contribution >= 0.6 is 28.6 Å². The van der Waals surface area contributed by atoms with Crippen molar-refractivity contribution in [3.63, 3.8) is 0 Å². The Hall–Kier alpha value is -0.480. The smallest absolute Gasteiger partial charge is 0.319 e. The van der Waals surface area contributed by atoms with Crippen molar-refractivity contribution in [2.75, 3.05) is 0 Å². The first-order chi connectivity index (χ1) is 7.50. The van der Waals surface area contributed by atoms with Crippen molar-refractivity contribution in [2.45, 2.75) is 25.7 Å². The van der Waals surface area contributed by atoms with Crippen LogP contribution in [0, 0.1) is 5.92 Å². The van der Waals surface area contributed by atoms with E-state index in [0.29, 0.717) is 6.61 Å². The van der Waals surface area contributed by atoms with Gasteiger partial charge in [0.05, 0.1) is 0 Å². The lowest BCUT2D eigenvalue weighted by Gasteiger charge is -2.13. The van der Waals surface area contributed by atoms with E-state index in [9.17, 15) is 4.79 Å². The van der Waals surface area contributed by atoms with Crippen molar-refractivity contribution < 1.29 is 9.53 Å². The molecule has 1 unspecified atom stereocenters. The molecule has 1 aromatic rings. The zero-order chi connectivity index (χ0) is 12.1. The highest BCUT2D eigenvalue weighted by Gasteiger charge is 2.18. The number of thiol groups is 1. The van der Waals surface area contributed by atoms with Crippen molar-refractivity contribution in [3.05, 3.63) is 34.3 Å². The van der Waals surface area contributed by atoms with E-state index in [1.54, 1.807) is 0 Å². The van der Waals surface area contributed by atoms with Gasteiger partial charge in [0.1, 0.15) is 11.9 Å². The highest BCUT2D eigenvalue weighted by molar-refractivity contribution is 9.10. The Labute approximate surface area is 110 Å². The van der Waals surface area contributed by atoms with E-state index in [4.69, 9.17) is 4.74 Å². The van der Waals surface area contributed by atoms with Gasteiger partial charge >= 0.3 is 5.97 Å². The van der Waals surface area contributed by atoms with Crippen molar-refractivity contribution >= 4 is 34.5 Å². The Morgan fingerprint density at radius 1 is 1.50 bits per heavy atom. The van der Waals surface area contributed by atoms with Gasteiger partial charge in [-0.2, -0.15) is 12.6 Å². The summed E-state index contributed by atoms with van der Waals surface area (Å²) in [5, 5.41) is -0.354. The number of ether oxygens (including phenoxy) is 1. The van der Waals surface area contributed by atoms with E-state index in [0.717, 1.165) is 10.0 Å². The quantitative estimate of drug-likeness (QED) is 0.681. The topological polar surface area (TPSA) is 26.3 Å². The molecular formula is C12H15BrO2S. The lowest BCUT2D eigenvalue weighted by Crippen LogP contribution is -2.23. The van der Waals surface area contributed by atoms with Crippen LogP contribution in [-0.4, -0.2) is 11.2 Å². The maximum Gasteiger partial charge on any atom is 0.319 e. The minimum absolute atomic E-state index is 0.179. The first-order valence-corrected chi connectivity index (χ1v) is 6.41. The number of hydrogen-bond acceptors (Lipinski definition) is 3. The summed E-state index contributed by atoms with van der Waals surface area (Å²) in [5.74, 6) is -0.0864. The van der Waals surface area contributed by atoms with Gasteiger partial charge in [0.15, 0.2) is 0 Å². The number of esters is 1. The molecule has 0 heterocycles. The number of rotatable bonds is 4. The largest absolute Gasteiger partial charge is 0.460 e. The van der Waals surface area contributed by atoms with Gasteiger partial charge in [0.25, 0.3) is 0 Å². The highest BCUT2D eigenvalue weighted by atomic mass is 79.9. The molecule has 16 heavy (non-hydrogen) atoms. The molecule has 2 nitrogen and oxygen atoms in total. The molecule has 0 aromatic heterocycles. The summed E-state index contributed by atoms with van der Waals surface area (Å²) >= 11 is 7.57. The monoisotopic (exact) mass is 302 g/mol. The standard InChI is InChI=1S/C12H15BrO2S/c1-8(2)11(16)12(14)15-7-9-4-3-5-10(13)6-9/h3-6,8,11,16H,7H2,1-2H3. The Balaban J connectivity index is 2.49. The third-order valence-electron chi connectivity index (χ3n) is 2.14. The number of benzene rings is 1. The van der Waals surface area contributed by atoms with E-state index >= 15 is 0 Å². The van der Waals surface area contributed by atoms with Gasteiger partial charge in [0.2, 0.25) is 0 Å². The fourth-order valence-corrected chi connectivity index (χ4v) is 1.66. The molecule has 0 aliphatic carbocycles. The van der Waals surface area contributed by atoms with Crippen molar-refractivity contribution in [1.82, 2.24) is 0 Å². The number of carbonyl (C=O) groups is 1. The van der Waals surface area contributed by atoms with Gasteiger partial charge in [-0.1, -0.05) is 41.9 Å². The molecular weight excluding hydrogens is 288 g/mol. The predicted molar refractivity (Wildman–Crippen MR) is 71.6 cm³/mol. The summed E-state index contributed by atoms with van der Waals surface area (Å²) in [6.45, 7) is 4.18. The maximum absolute atomic E-state index is 11.5. The zero-order valence-corrected chi connectivity index (χ0v) is 11.8. The number of carbonyl (C=O) groups excluding carboxylic acids is 1. The second-order valence-electron chi connectivity index (χ2n) is 3.93. The third-order valence-corrected chi connectivity index (χ3v) is 3.44. The minimum atomic E-state index is -0.354. The zero-order valence-electron chi connectivity index (χ0n) is 9.31. The number of hydrogen-bond donors (Lipinski definition) is 1. The molecule has 0 bridgehead atoms. The Kier molecular flexibility index (Phi) is 5.35. The fourth-order valence-electron chi connectivity index (χ4n) is 1.14. The van der Waals surface area contributed by atoms with E-state index in [2.05, 4.69) is 28.6 Å². The molecule has 88 valence electrons. The second-order valence-corrected chi connectivity index (χ2v) is 5.40. The molecule has 0 aliphatic rings. The van der Waals surface area contributed by atoms with E-state index in [1.165, 1.54) is 0 Å². The minimum Gasteiger partial charge on any atom is -0.460 e. The molecule has 0 amide bonds. The molecule has 1 rings (SSSR count). The molecule has 0 saturated carbocycles. The summed E-state index contributed by atoms with van der Waals surface area (Å²) < 4.78 is 6.15. The SMILES string of the molecule is CC(C)C(S)C(=O)OCc1cccc(Br)c1. The van der Waals surface area contributed by atoms with Crippen LogP contribution in [0.1, 0.15) is 19.4 Å². The molecule has 0 spiro atoms. The van der Waals surface area contributed by atoms with Crippen molar-refractivity contribution in [3.8, 4) is 0 Å². The van der Waals surface area contributed by atoms with Gasteiger partial charge < -0.3 is 4.74 Å². The highest BCUT2D eigenvalue weighted by Crippen LogP contribution is 2.15. The van der Waals surface area contributed by atoms with Crippen LogP contribution in [0.2, 0.25) is 0 Å². The van der Waals surface area contributed by atoms with E-state index in [1.807, 2.05) is 38.1 Å². The van der Waals surface area contributed by atoms with Crippen LogP contribution in [0.4, 0.5) is 0 Å². The third kappa shape index (κ3) is 4.18. The van der Waals surface area contributed by atoms with Gasteiger partial charge in [-0.05, 0) is 23.6 Å². The lowest BCUT2D eigenvalue weighted by atomic mass is 10.1. The maximum atomic E-state index is 11.5. The molecule has 0 N–H and O–H groups in total. The number of halogens is 1. The molecule has 0 saturated heterocycles. The molecule has 0 aliphatic heterocycles.